The molecule has 0 aliphatic carbocycles. The second-order valence-corrected chi connectivity index (χ2v) is 9.12. The number of aromatic nitrogens is 1. The van der Waals surface area contributed by atoms with Crippen LogP contribution in [0.1, 0.15) is 37.0 Å². The maximum atomic E-state index is 10.2. The zero-order chi connectivity index (χ0) is 22.8. The Bertz CT molecular complexity index is 1210. The summed E-state index contributed by atoms with van der Waals surface area (Å²) in [6, 6.07) is 31.5. The second kappa shape index (κ2) is 11.8. The molecule has 0 saturated heterocycles. The number of hydrogen-bond acceptors (Lipinski definition) is 2. The molecule has 5 rings (SSSR count). The van der Waals surface area contributed by atoms with Gasteiger partial charge in [-0.3, -0.25) is 4.98 Å². The van der Waals surface area contributed by atoms with E-state index in [0.717, 1.165) is 0 Å². The van der Waals surface area contributed by atoms with Gasteiger partial charge in [0.15, 0.2) is 14.3 Å². The van der Waals surface area contributed by atoms with Gasteiger partial charge in [-0.15, -0.1) is 0 Å². The van der Waals surface area contributed by atoms with Gasteiger partial charge in [-0.25, -0.2) is 4.79 Å². The van der Waals surface area contributed by atoms with E-state index in [2.05, 4.69) is 97.7 Å². The molecule has 0 atom stereocenters. The van der Waals surface area contributed by atoms with Gasteiger partial charge in [0.2, 0.25) is 0 Å². The Morgan fingerprint density at radius 2 is 1.28 bits per heavy atom. The first-order valence-corrected chi connectivity index (χ1v) is 12.0. The average Bonchev–Trinajstić information content (AvgIpc) is 3.20. The Morgan fingerprint density at radius 3 is 1.72 bits per heavy atom. The fraction of sp³-hybridized carbons (Fsp3) is 0.143. The van der Waals surface area contributed by atoms with Gasteiger partial charge in [0, 0.05) is 33.6 Å². The van der Waals surface area contributed by atoms with Crippen LogP contribution >= 0.6 is 10.5 Å². The average molecular weight is 443 g/mol. The molecule has 2 aromatic heterocycles. The van der Waals surface area contributed by atoms with E-state index in [1.807, 2.05) is 0 Å². The summed E-state index contributed by atoms with van der Waals surface area (Å²) in [5, 5.41) is 11.1. The number of pyridine rings is 1. The first-order chi connectivity index (χ1) is 15.7. The van der Waals surface area contributed by atoms with Gasteiger partial charge in [-0.05, 0) is 48.5 Å². The third kappa shape index (κ3) is 5.59. The Balaban J connectivity index is 0.000000186. The Labute approximate surface area is 192 Å². The lowest BCUT2D eigenvalue weighted by molar-refractivity contribution is 0.0696. The standard InChI is InChI=1S/C18H13S.C6H5NO2.C4H10/c1-2-8-14(9-3-1)19-17-12-6-4-10-15(17)16-11-5-7-13-18(16)19;8-6(9)5-2-1-3-7-4-5;1-3-4-2/h1-13H;1-4H,(H,8,9);3-4H2,1-2H3/q+1;;. The summed E-state index contributed by atoms with van der Waals surface area (Å²) in [6.45, 7) is 4.36. The van der Waals surface area contributed by atoms with Crippen LogP contribution in [0.25, 0.3) is 25.1 Å². The zero-order valence-electron chi connectivity index (χ0n) is 18.4. The van der Waals surface area contributed by atoms with Crippen LogP contribution in [0.2, 0.25) is 0 Å². The molecule has 4 heteroatoms. The summed E-state index contributed by atoms with van der Waals surface area (Å²) < 4.78 is 2.91. The van der Waals surface area contributed by atoms with Crippen LogP contribution in [0.3, 0.4) is 0 Å². The van der Waals surface area contributed by atoms with Crippen LogP contribution < -0.4 is 0 Å². The number of carbonyl (C=O) groups is 1. The monoisotopic (exact) mass is 442 g/mol. The van der Waals surface area contributed by atoms with E-state index in [0.29, 0.717) is 0 Å². The topological polar surface area (TPSA) is 50.2 Å². The maximum Gasteiger partial charge on any atom is 0.337 e. The molecule has 0 radical (unpaired) electrons. The van der Waals surface area contributed by atoms with Crippen LogP contribution in [-0.4, -0.2) is 16.1 Å². The molecule has 0 spiro atoms. The van der Waals surface area contributed by atoms with Crippen molar-refractivity contribution in [1.82, 2.24) is 4.98 Å². The number of fused-ring (bicyclic) bond motifs is 3. The van der Waals surface area contributed by atoms with E-state index in [4.69, 9.17) is 5.11 Å². The largest absolute Gasteiger partial charge is 0.478 e. The molecule has 0 fully saturated rings. The molecule has 0 bridgehead atoms. The molecular weight excluding hydrogens is 414 g/mol. The summed E-state index contributed by atoms with van der Waals surface area (Å²) in [5.41, 5.74) is 0.220. The summed E-state index contributed by atoms with van der Waals surface area (Å²) in [7, 11) is 0.0594. The second-order valence-electron chi connectivity index (χ2n) is 7.16. The van der Waals surface area contributed by atoms with Crippen LogP contribution in [0, 0.1) is 0 Å². The highest BCUT2D eigenvalue weighted by Crippen LogP contribution is 2.47. The number of thiophene rings is 1. The first kappa shape index (κ1) is 23.2. The Kier molecular flexibility index (Phi) is 8.52. The van der Waals surface area contributed by atoms with E-state index in [-0.39, 0.29) is 16.0 Å². The van der Waals surface area contributed by atoms with E-state index in [9.17, 15) is 4.79 Å². The first-order valence-electron chi connectivity index (χ1n) is 10.8. The molecule has 5 aromatic rings. The number of unbranched alkanes of at least 4 members (excludes halogenated alkanes) is 1. The SMILES string of the molecule is CCCC.O=C(O)c1cccnc1.c1ccc(-[s+]2c3ccccc3c3ccccc32)cc1. The van der Waals surface area contributed by atoms with Crippen LogP contribution in [-0.2, 0) is 0 Å². The van der Waals surface area contributed by atoms with E-state index in [1.54, 1.807) is 6.07 Å². The van der Waals surface area contributed by atoms with Gasteiger partial charge in [-0.1, -0.05) is 69.2 Å². The molecule has 1 N–H and O–H groups in total. The van der Waals surface area contributed by atoms with Crippen molar-refractivity contribution in [3.8, 4) is 4.90 Å². The third-order valence-electron chi connectivity index (χ3n) is 4.89. The van der Waals surface area contributed by atoms with Gasteiger partial charge >= 0.3 is 5.97 Å². The number of hydrogen-bond donors (Lipinski definition) is 1. The van der Waals surface area contributed by atoms with E-state index in [1.165, 1.54) is 56.4 Å². The predicted molar refractivity (Wildman–Crippen MR) is 137 cm³/mol. The van der Waals surface area contributed by atoms with Crippen molar-refractivity contribution in [2.45, 2.75) is 26.7 Å². The summed E-state index contributed by atoms with van der Waals surface area (Å²) >= 11 is 0. The number of rotatable bonds is 3. The lowest BCUT2D eigenvalue weighted by Gasteiger charge is -1.91. The van der Waals surface area contributed by atoms with Crippen LogP contribution in [0.15, 0.2) is 103 Å². The van der Waals surface area contributed by atoms with Crippen LogP contribution in [0.5, 0.6) is 0 Å². The van der Waals surface area contributed by atoms with Gasteiger partial charge < -0.3 is 5.11 Å². The number of aromatic carboxylic acids is 1. The van der Waals surface area contributed by atoms with Crippen LogP contribution in [0.4, 0.5) is 0 Å². The summed E-state index contributed by atoms with van der Waals surface area (Å²) in [5.74, 6) is -0.942. The molecule has 0 aliphatic heterocycles. The minimum atomic E-state index is -0.942. The zero-order valence-corrected chi connectivity index (χ0v) is 19.3. The molecule has 162 valence electrons. The summed E-state index contributed by atoms with van der Waals surface area (Å²) in [4.78, 5) is 15.2. The number of carboxylic acid groups (broad SMARTS) is 1. The Morgan fingerprint density at radius 1 is 0.750 bits per heavy atom. The van der Waals surface area contributed by atoms with Crippen molar-refractivity contribution in [3.63, 3.8) is 0 Å². The fourth-order valence-corrected chi connectivity index (χ4v) is 5.55. The fourth-order valence-electron chi connectivity index (χ4n) is 3.15. The number of benzene rings is 3. The van der Waals surface area contributed by atoms with E-state index < -0.39 is 5.97 Å². The quantitative estimate of drug-likeness (QED) is 0.286. The van der Waals surface area contributed by atoms with Gasteiger partial charge in [-0.2, -0.15) is 0 Å². The van der Waals surface area contributed by atoms with Crippen molar-refractivity contribution in [2.75, 3.05) is 0 Å². The van der Waals surface area contributed by atoms with Crippen molar-refractivity contribution in [2.24, 2.45) is 0 Å². The third-order valence-corrected chi connectivity index (χ3v) is 7.23. The molecule has 0 saturated carbocycles. The smallest absolute Gasteiger partial charge is 0.337 e. The van der Waals surface area contributed by atoms with Gasteiger partial charge in [0.1, 0.15) is 0 Å². The van der Waals surface area contributed by atoms with Crippen molar-refractivity contribution < 1.29 is 9.90 Å². The summed E-state index contributed by atoms with van der Waals surface area (Å²) in [6.07, 6.45) is 5.48. The molecule has 0 amide bonds. The Hall–Kier alpha value is -3.50. The minimum absolute atomic E-state index is 0.0594. The van der Waals surface area contributed by atoms with Crippen molar-refractivity contribution >= 4 is 36.6 Å². The highest BCUT2D eigenvalue weighted by molar-refractivity contribution is 7.50. The van der Waals surface area contributed by atoms with Gasteiger partial charge in [0.25, 0.3) is 0 Å². The van der Waals surface area contributed by atoms with Crippen molar-refractivity contribution in [1.29, 1.82) is 0 Å². The highest BCUT2D eigenvalue weighted by Gasteiger charge is 2.22. The lowest BCUT2D eigenvalue weighted by Crippen LogP contribution is -1.94. The maximum absolute atomic E-state index is 10.2. The molecule has 0 unspecified atom stereocenters. The minimum Gasteiger partial charge on any atom is -0.478 e. The molecule has 3 aromatic carbocycles. The molecular formula is C28H28NO2S+. The van der Waals surface area contributed by atoms with Crippen molar-refractivity contribution in [3.05, 3.63) is 109 Å². The molecule has 3 nitrogen and oxygen atoms in total. The number of nitrogens with zero attached hydrogens (tertiary/aromatic N) is 1. The molecule has 2 heterocycles. The highest BCUT2D eigenvalue weighted by atomic mass is 32.2. The lowest BCUT2D eigenvalue weighted by atomic mass is 10.2. The number of carboxylic acids is 1. The normalized spacial score (nSPS) is 10.1. The van der Waals surface area contributed by atoms with Gasteiger partial charge in [0.05, 0.1) is 5.56 Å². The molecule has 32 heavy (non-hydrogen) atoms. The van der Waals surface area contributed by atoms with E-state index >= 15 is 0 Å². The molecule has 0 aliphatic rings. The predicted octanol–water partition coefficient (Wildman–Crippen LogP) is 8.32.